The molecule has 1 fully saturated rings. The molecule has 0 spiro atoms. The van der Waals surface area contributed by atoms with Crippen LogP contribution in [0.4, 0.5) is 10.1 Å². The van der Waals surface area contributed by atoms with E-state index in [2.05, 4.69) is 5.32 Å². The summed E-state index contributed by atoms with van der Waals surface area (Å²) in [5.74, 6) is -3.21. The van der Waals surface area contributed by atoms with Crippen molar-refractivity contribution in [2.75, 3.05) is 18.5 Å². The van der Waals surface area contributed by atoms with E-state index in [1.807, 2.05) is 12.2 Å². The molecule has 1 saturated heterocycles. The van der Waals surface area contributed by atoms with E-state index in [0.717, 1.165) is 4.90 Å². The summed E-state index contributed by atoms with van der Waals surface area (Å²) < 4.78 is 18.3. The predicted molar refractivity (Wildman–Crippen MR) is 92.7 cm³/mol. The topological polar surface area (TPSA) is 92.8 Å². The molecule has 142 valence electrons. The number of rotatable bonds is 6. The molecule has 1 aliphatic carbocycles. The highest BCUT2D eigenvalue weighted by Gasteiger charge is 2.46. The van der Waals surface area contributed by atoms with Crippen molar-refractivity contribution in [3.8, 4) is 0 Å². The monoisotopic (exact) mass is 374 g/mol. The molecule has 2 aliphatic rings. The molecule has 1 aromatic rings. The van der Waals surface area contributed by atoms with Gasteiger partial charge in [-0.15, -0.1) is 0 Å². The van der Waals surface area contributed by atoms with Crippen LogP contribution in [0, 0.1) is 17.7 Å². The van der Waals surface area contributed by atoms with E-state index in [1.54, 1.807) is 6.07 Å². The Labute approximate surface area is 155 Å². The lowest BCUT2D eigenvalue weighted by Crippen LogP contribution is -2.33. The maximum Gasteiger partial charge on any atom is 0.308 e. The number of anilines is 1. The first kappa shape index (κ1) is 18.8. The fourth-order valence-corrected chi connectivity index (χ4v) is 3.26. The SMILES string of the molecule is O=C(COC(=O)CCN1C(=O)[C@H]2CC=CC[C@@H]2C1=O)Nc1ccccc1F. The van der Waals surface area contributed by atoms with E-state index in [1.165, 1.54) is 18.2 Å². The number of hydrogen-bond donors (Lipinski definition) is 1. The number of carbonyl (C=O) groups is 4. The second-order valence-corrected chi connectivity index (χ2v) is 6.42. The number of amides is 3. The Morgan fingerprint density at radius 1 is 1.11 bits per heavy atom. The highest BCUT2D eigenvalue weighted by Crippen LogP contribution is 2.34. The van der Waals surface area contributed by atoms with Gasteiger partial charge in [-0.05, 0) is 25.0 Å². The fraction of sp³-hybridized carbons (Fsp3) is 0.368. The van der Waals surface area contributed by atoms with Gasteiger partial charge in [0.25, 0.3) is 5.91 Å². The number of fused-ring (bicyclic) bond motifs is 1. The van der Waals surface area contributed by atoms with Crippen LogP contribution in [-0.4, -0.2) is 41.7 Å². The van der Waals surface area contributed by atoms with E-state index in [-0.39, 0.29) is 42.3 Å². The van der Waals surface area contributed by atoms with Crippen LogP contribution in [0.3, 0.4) is 0 Å². The maximum atomic E-state index is 13.4. The van der Waals surface area contributed by atoms with Gasteiger partial charge in [-0.3, -0.25) is 24.1 Å². The zero-order valence-electron chi connectivity index (χ0n) is 14.5. The molecule has 0 aromatic heterocycles. The van der Waals surface area contributed by atoms with Crippen molar-refractivity contribution in [1.29, 1.82) is 0 Å². The van der Waals surface area contributed by atoms with Gasteiger partial charge in [-0.2, -0.15) is 0 Å². The molecule has 2 atom stereocenters. The number of benzene rings is 1. The maximum absolute atomic E-state index is 13.4. The van der Waals surface area contributed by atoms with Crippen LogP contribution in [0.5, 0.6) is 0 Å². The third-order valence-electron chi connectivity index (χ3n) is 4.65. The highest BCUT2D eigenvalue weighted by atomic mass is 19.1. The fourth-order valence-electron chi connectivity index (χ4n) is 3.26. The zero-order valence-corrected chi connectivity index (χ0v) is 14.5. The third kappa shape index (κ3) is 4.21. The molecule has 27 heavy (non-hydrogen) atoms. The molecule has 3 amide bonds. The number of likely N-dealkylation sites (tertiary alicyclic amines) is 1. The molecule has 8 heteroatoms. The number of imide groups is 1. The lowest BCUT2D eigenvalue weighted by Gasteiger charge is -2.14. The largest absolute Gasteiger partial charge is 0.456 e. The summed E-state index contributed by atoms with van der Waals surface area (Å²) in [6.07, 6.45) is 4.65. The van der Waals surface area contributed by atoms with Crippen LogP contribution >= 0.6 is 0 Å². The van der Waals surface area contributed by atoms with Gasteiger partial charge in [-0.25, -0.2) is 4.39 Å². The average Bonchev–Trinajstić information content (AvgIpc) is 2.91. The second-order valence-electron chi connectivity index (χ2n) is 6.42. The first-order valence-electron chi connectivity index (χ1n) is 8.67. The van der Waals surface area contributed by atoms with Crippen LogP contribution in [-0.2, 0) is 23.9 Å². The standard InChI is InChI=1S/C19H19FN2O5/c20-14-7-3-4-8-15(14)21-16(23)11-27-17(24)9-10-22-18(25)12-5-1-2-6-13(12)19(22)26/h1-4,7-8,12-13H,5-6,9-11H2,(H,21,23)/t12-,13-/m0/s1. The molecular formula is C19H19FN2O5. The molecule has 1 aliphatic heterocycles. The van der Waals surface area contributed by atoms with E-state index < -0.39 is 24.3 Å². The molecule has 1 heterocycles. The van der Waals surface area contributed by atoms with Gasteiger partial charge in [0, 0.05) is 6.54 Å². The van der Waals surface area contributed by atoms with Gasteiger partial charge in [0.05, 0.1) is 23.9 Å². The van der Waals surface area contributed by atoms with Crippen molar-refractivity contribution < 1.29 is 28.3 Å². The van der Waals surface area contributed by atoms with Gasteiger partial charge in [0.2, 0.25) is 11.8 Å². The van der Waals surface area contributed by atoms with Crippen LogP contribution < -0.4 is 5.32 Å². The van der Waals surface area contributed by atoms with Gasteiger partial charge < -0.3 is 10.1 Å². The van der Waals surface area contributed by atoms with E-state index in [4.69, 9.17) is 4.74 Å². The van der Waals surface area contributed by atoms with E-state index >= 15 is 0 Å². The first-order valence-corrected chi connectivity index (χ1v) is 8.67. The molecular weight excluding hydrogens is 355 g/mol. The van der Waals surface area contributed by atoms with Crippen LogP contribution in [0.2, 0.25) is 0 Å². The molecule has 7 nitrogen and oxygen atoms in total. The number of carbonyl (C=O) groups excluding carboxylic acids is 4. The number of allylic oxidation sites excluding steroid dienone is 2. The van der Waals surface area contributed by atoms with Crippen molar-refractivity contribution in [2.45, 2.75) is 19.3 Å². The first-order chi connectivity index (χ1) is 13.0. The number of nitrogens with zero attached hydrogens (tertiary/aromatic N) is 1. The predicted octanol–water partition coefficient (Wildman–Crippen LogP) is 1.65. The zero-order chi connectivity index (χ0) is 19.4. The van der Waals surface area contributed by atoms with Gasteiger partial charge in [0.1, 0.15) is 5.82 Å². The Kier molecular flexibility index (Phi) is 5.63. The number of ether oxygens (including phenoxy) is 1. The molecule has 0 saturated carbocycles. The Bertz CT molecular complexity index is 781. The molecule has 3 rings (SSSR count). The van der Waals surface area contributed by atoms with Crippen molar-refractivity contribution in [3.05, 3.63) is 42.2 Å². The van der Waals surface area contributed by atoms with Crippen LogP contribution in [0.1, 0.15) is 19.3 Å². The lowest BCUT2D eigenvalue weighted by atomic mass is 9.85. The van der Waals surface area contributed by atoms with Crippen molar-refractivity contribution in [3.63, 3.8) is 0 Å². The quantitative estimate of drug-likeness (QED) is 0.464. The average molecular weight is 374 g/mol. The van der Waals surface area contributed by atoms with Crippen LogP contribution in [0.25, 0.3) is 0 Å². The van der Waals surface area contributed by atoms with E-state index in [0.29, 0.717) is 12.8 Å². The van der Waals surface area contributed by atoms with Crippen molar-refractivity contribution in [2.24, 2.45) is 11.8 Å². The van der Waals surface area contributed by atoms with Gasteiger partial charge in [0.15, 0.2) is 6.61 Å². The summed E-state index contributed by atoms with van der Waals surface area (Å²) in [5.41, 5.74) is -0.0111. The summed E-state index contributed by atoms with van der Waals surface area (Å²) in [4.78, 5) is 49.2. The Morgan fingerprint density at radius 2 is 1.74 bits per heavy atom. The number of esters is 1. The minimum absolute atomic E-state index is 0.0111. The second kappa shape index (κ2) is 8.11. The lowest BCUT2D eigenvalue weighted by molar-refractivity contribution is -0.148. The third-order valence-corrected chi connectivity index (χ3v) is 4.65. The number of halogens is 1. The van der Waals surface area contributed by atoms with Gasteiger partial charge >= 0.3 is 5.97 Å². The Balaban J connectivity index is 1.43. The van der Waals surface area contributed by atoms with Crippen molar-refractivity contribution >= 4 is 29.4 Å². The van der Waals surface area contributed by atoms with Crippen molar-refractivity contribution in [1.82, 2.24) is 4.90 Å². The molecule has 1 N–H and O–H groups in total. The normalized spacial score (nSPS) is 21.1. The van der Waals surface area contributed by atoms with E-state index in [9.17, 15) is 23.6 Å². The molecule has 0 bridgehead atoms. The van der Waals surface area contributed by atoms with Gasteiger partial charge in [-0.1, -0.05) is 24.3 Å². The number of nitrogens with one attached hydrogen (secondary N) is 1. The molecule has 0 unspecified atom stereocenters. The summed E-state index contributed by atoms with van der Waals surface area (Å²) >= 11 is 0. The summed E-state index contributed by atoms with van der Waals surface area (Å²) in [6, 6.07) is 5.62. The Hall–Kier alpha value is -3.03. The number of para-hydroxylation sites is 1. The summed E-state index contributed by atoms with van der Waals surface area (Å²) in [6.45, 7) is -0.650. The summed E-state index contributed by atoms with van der Waals surface area (Å²) in [5, 5.41) is 2.29. The van der Waals surface area contributed by atoms with Crippen LogP contribution in [0.15, 0.2) is 36.4 Å². The minimum Gasteiger partial charge on any atom is -0.456 e. The smallest absolute Gasteiger partial charge is 0.308 e. The minimum atomic E-state index is -0.715. The molecule has 0 radical (unpaired) electrons. The Morgan fingerprint density at radius 3 is 2.37 bits per heavy atom. The number of hydrogen-bond acceptors (Lipinski definition) is 5. The summed E-state index contributed by atoms with van der Waals surface area (Å²) in [7, 11) is 0. The highest BCUT2D eigenvalue weighted by molar-refractivity contribution is 6.05. The molecule has 1 aromatic carbocycles.